The van der Waals surface area contributed by atoms with Gasteiger partial charge in [-0.15, -0.1) is 0 Å². The number of nitrogens with zero attached hydrogens (tertiary/aromatic N) is 1. The van der Waals surface area contributed by atoms with Gasteiger partial charge in [-0.2, -0.15) is 16.1 Å². The molecule has 0 amide bonds. The number of thioether (sulfide) groups is 1. The molecule has 0 fully saturated rings. The predicted molar refractivity (Wildman–Crippen MR) is 75.2 cm³/mol. The van der Waals surface area contributed by atoms with E-state index in [0.29, 0.717) is 30.5 Å². The molecule has 0 aliphatic rings. The Morgan fingerprint density at radius 1 is 1.65 bits per heavy atom. The molecule has 0 spiro atoms. The normalized spacial score (nSPS) is 14.4. The Kier molecular flexibility index (Phi) is 5.35. The van der Waals surface area contributed by atoms with Gasteiger partial charge in [-0.1, -0.05) is 0 Å². The molecular weight excluding hydrogens is 258 g/mol. The molecule has 1 aromatic heterocycles. The first-order valence-electron chi connectivity index (χ1n) is 5.33. The van der Waals surface area contributed by atoms with Gasteiger partial charge in [0.25, 0.3) is 0 Å². The first-order valence-corrected chi connectivity index (χ1v) is 7.50. The van der Waals surface area contributed by atoms with E-state index < -0.39 is 5.60 Å². The van der Waals surface area contributed by atoms with Gasteiger partial charge >= 0.3 is 0 Å². The van der Waals surface area contributed by atoms with Crippen LogP contribution in [0.4, 0.5) is 10.8 Å². The number of nitrogen functional groups attached to an aromatic ring is 1. The molecule has 1 rings (SSSR count). The van der Waals surface area contributed by atoms with Crippen LogP contribution in [0.2, 0.25) is 0 Å². The topological polar surface area (TPSA) is 80.4 Å². The summed E-state index contributed by atoms with van der Waals surface area (Å²) in [5, 5.41) is 13.9. The zero-order chi connectivity index (χ0) is 12.9. The van der Waals surface area contributed by atoms with E-state index in [0.717, 1.165) is 5.00 Å². The number of nitrogens with two attached hydrogens (primary N) is 1. The van der Waals surface area contributed by atoms with E-state index >= 15 is 0 Å². The van der Waals surface area contributed by atoms with E-state index in [1.807, 2.05) is 13.2 Å². The minimum Gasteiger partial charge on any atom is -0.487 e. The molecule has 17 heavy (non-hydrogen) atoms. The SMILES string of the molecule is CCOc1c(N)nsc1NCC(C)(O)CSC. The number of hydrogen-bond acceptors (Lipinski definition) is 7. The van der Waals surface area contributed by atoms with Crippen LogP contribution in [0.3, 0.4) is 0 Å². The Morgan fingerprint density at radius 2 is 2.35 bits per heavy atom. The van der Waals surface area contributed by atoms with Gasteiger partial charge in [0.1, 0.15) is 0 Å². The lowest BCUT2D eigenvalue weighted by molar-refractivity contribution is 0.0997. The fraction of sp³-hybridized carbons (Fsp3) is 0.700. The summed E-state index contributed by atoms with van der Waals surface area (Å²) in [5.74, 6) is 1.64. The van der Waals surface area contributed by atoms with Crippen LogP contribution in [0.1, 0.15) is 13.8 Å². The highest BCUT2D eigenvalue weighted by atomic mass is 32.2. The summed E-state index contributed by atoms with van der Waals surface area (Å²) in [6.45, 7) is 4.67. The van der Waals surface area contributed by atoms with Crippen molar-refractivity contribution in [2.24, 2.45) is 0 Å². The Labute approximate surface area is 110 Å². The van der Waals surface area contributed by atoms with Gasteiger partial charge in [-0.3, -0.25) is 0 Å². The molecule has 7 heteroatoms. The maximum atomic E-state index is 10.0. The molecule has 0 aromatic carbocycles. The van der Waals surface area contributed by atoms with Crippen molar-refractivity contribution in [2.45, 2.75) is 19.4 Å². The molecule has 1 heterocycles. The Balaban J connectivity index is 2.62. The maximum absolute atomic E-state index is 10.0. The van der Waals surface area contributed by atoms with Crippen molar-refractivity contribution in [3.8, 4) is 5.75 Å². The maximum Gasteiger partial charge on any atom is 0.197 e. The summed E-state index contributed by atoms with van der Waals surface area (Å²) in [5.41, 5.74) is 4.93. The number of aromatic nitrogens is 1. The smallest absolute Gasteiger partial charge is 0.197 e. The average Bonchev–Trinajstić information content (AvgIpc) is 2.59. The highest BCUT2D eigenvalue weighted by molar-refractivity contribution is 7.98. The number of aliphatic hydroxyl groups is 1. The Hall–Kier alpha value is -0.660. The summed E-state index contributed by atoms with van der Waals surface area (Å²) >= 11 is 2.85. The van der Waals surface area contributed by atoms with E-state index in [1.165, 1.54) is 11.5 Å². The standard InChI is InChI=1S/C10H19N3O2S2/c1-4-15-7-8(11)13-17-9(7)12-5-10(2,14)6-16-3/h12,14H,4-6H2,1-3H3,(H2,11,13). The monoisotopic (exact) mass is 277 g/mol. The molecule has 4 N–H and O–H groups in total. The molecule has 0 radical (unpaired) electrons. The summed E-state index contributed by atoms with van der Waals surface area (Å²) in [7, 11) is 0. The third kappa shape index (κ3) is 4.25. The summed E-state index contributed by atoms with van der Waals surface area (Å²) in [6, 6.07) is 0. The molecule has 1 aromatic rings. The molecule has 0 saturated heterocycles. The van der Waals surface area contributed by atoms with Gasteiger partial charge in [-0.25, -0.2) is 0 Å². The van der Waals surface area contributed by atoms with Crippen LogP contribution in [0.25, 0.3) is 0 Å². The minimum atomic E-state index is -0.762. The van der Waals surface area contributed by atoms with Crippen molar-refractivity contribution in [1.82, 2.24) is 4.37 Å². The van der Waals surface area contributed by atoms with Gasteiger partial charge < -0.3 is 20.9 Å². The van der Waals surface area contributed by atoms with Crippen molar-refractivity contribution in [3.05, 3.63) is 0 Å². The zero-order valence-corrected chi connectivity index (χ0v) is 12.0. The number of hydrogen-bond donors (Lipinski definition) is 3. The third-order valence-electron chi connectivity index (χ3n) is 2.05. The van der Waals surface area contributed by atoms with Crippen molar-refractivity contribution in [3.63, 3.8) is 0 Å². The molecule has 5 nitrogen and oxygen atoms in total. The highest BCUT2D eigenvalue weighted by Crippen LogP contribution is 2.35. The van der Waals surface area contributed by atoms with Gasteiger partial charge in [0.05, 0.1) is 12.2 Å². The lowest BCUT2D eigenvalue weighted by Crippen LogP contribution is -2.35. The lowest BCUT2D eigenvalue weighted by Gasteiger charge is -2.22. The first kappa shape index (κ1) is 14.4. The van der Waals surface area contributed by atoms with E-state index in [9.17, 15) is 5.11 Å². The first-order chi connectivity index (χ1) is 8.00. The number of anilines is 2. The zero-order valence-electron chi connectivity index (χ0n) is 10.3. The van der Waals surface area contributed by atoms with Gasteiger partial charge in [0, 0.05) is 12.3 Å². The second-order valence-electron chi connectivity index (χ2n) is 3.94. The molecule has 0 aliphatic heterocycles. The highest BCUT2D eigenvalue weighted by Gasteiger charge is 2.21. The van der Waals surface area contributed by atoms with E-state index in [1.54, 1.807) is 18.7 Å². The van der Waals surface area contributed by atoms with Crippen molar-refractivity contribution in [1.29, 1.82) is 0 Å². The van der Waals surface area contributed by atoms with Crippen molar-refractivity contribution >= 4 is 34.1 Å². The second-order valence-corrected chi connectivity index (χ2v) is 5.58. The molecule has 1 atom stereocenters. The molecule has 98 valence electrons. The Morgan fingerprint density at radius 3 is 2.94 bits per heavy atom. The fourth-order valence-electron chi connectivity index (χ4n) is 1.32. The molecule has 1 unspecified atom stereocenters. The van der Waals surface area contributed by atoms with Crippen LogP contribution in [-0.2, 0) is 0 Å². The fourth-order valence-corrected chi connectivity index (χ4v) is 2.70. The van der Waals surface area contributed by atoms with Gasteiger partial charge in [-0.05, 0) is 31.6 Å². The molecule has 0 saturated carbocycles. The molecule has 0 aliphatic carbocycles. The predicted octanol–water partition coefficient (Wildman–Crippen LogP) is 1.65. The third-order valence-corrected chi connectivity index (χ3v) is 3.76. The van der Waals surface area contributed by atoms with Gasteiger partial charge in [0.15, 0.2) is 16.6 Å². The molecule has 0 bridgehead atoms. The largest absolute Gasteiger partial charge is 0.487 e. The van der Waals surface area contributed by atoms with Gasteiger partial charge in [0.2, 0.25) is 0 Å². The number of nitrogens with one attached hydrogen (secondary N) is 1. The van der Waals surface area contributed by atoms with Crippen LogP contribution >= 0.6 is 23.3 Å². The summed E-state index contributed by atoms with van der Waals surface area (Å²) in [4.78, 5) is 0. The number of ether oxygens (including phenoxy) is 1. The van der Waals surface area contributed by atoms with E-state index in [-0.39, 0.29) is 0 Å². The Bertz CT molecular complexity index is 355. The minimum absolute atomic E-state index is 0.392. The van der Waals surface area contributed by atoms with Crippen LogP contribution in [0.5, 0.6) is 5.75 Å². The van der Waals surface area contributed by atoms with Crippen molar-refractivity contribution < 1.29 is 9.84 Å². The van der Waals surface area contributed by atoms with Crippen LogP contribution in [0.15, 0.2) is 0 Å². The average molecular weight is 277 g/mol. The molecular formula is C10H19N3O2S2. The number of rotatable bonds is 7. The lowest BCUT2D eigenvalue weighted by atomic mass is 10.1. The van der Waals surface area contributed by atoms with Crippen LogP contribution < -0.4 is 15.8 Å². The quantitative estimate of drug-likeness (QED) is 0.703. The van der Waals surface area contributed by atoms with E-state index in [2.05, 4.69) is 9.69 Å². The van der Waals surface area contributed by atoms with Crippen LogP contribution in [-0.4, -0.2) is 40.2 Å². The summed E-state index contributed by atoms with van der Waals surface area (Å²) < 4.78 is 9.43. The van der Waals surface area contributed by atoms with E-state index in [4.69, 9.17) is 10.5 Å². The second kappa shape index (κ2) is 6.32. The van der Waals surface area contributed by atoms with Crippen LogP contribution in [0, 0.1) is 0 Å². The van der Waals surface area contributed by atoms with Crippen molar-refractivity contribution in [2.75, 3.05) is 36.2 Å². The summed E-state index contributed by atoms with van der Waals surface area (Å²) in [6.07, 6.45) is 1.96.